The summed E-state index contributed by atoms with van der Waals surface area (Å²) in [4.78, 5) is 28.7. The normalized spacial score (nSPS) is 11.9. The predicted octanol–water partition coefficient (Wildman–Crippen LogP) is 4.81. The number of benzene rings is 2. The monoisotopic (exact) mass is 412 g/mol. The molecule has 0 aliphatic carbocycles. The summed E-state index contributed by atoms with van der Waals surface area (Å²) in [6.45, 7) is 8.33. The highest BCUT2D eigenvalue weighted by Crippen LogP contribution is 2.21. The first-order chi connectivity index (χ1) is 13.9. The first kappa shape index (κ1) is 23.0. The number of aryl methyl sites for hydroxylation is 1. The summed E-state index contributed by atoms with van der Waals surface area (Å²) in [7, 11) is 0. The number of rotatable bonds is 10. The van der Waals surface area contributed by atoms with Gasteiger partial charge in [-0.05, 0) is 44.9 Å². The Balaban J connectivity index is 2.08. The van der Waals surface area contributed by atoms with E-state index in [1.165, 1.54) is 5.56 Å². The lowest BCUT2D eigenvalue weighted by Crippen LogP contribution is -2.50. The summed E-state index contributed by atoms with van der Waals surface area (Å²) >= 11 is 1.67. The lowest BCUT2D eigenvalue weighted by molar-refractivity contribution is -0.141. The SMILES string of the molecule is CC[C@H](C(=O)NC(C)C)N(Cc1ccccc1)C(=O)CCSc1ccc(C)cc1. The van der Waals surface area contributed by atoms with Crippen LogP contribution in [0.25, 0.3) is 0 Å². The molecule has 0 saturated carbocycles. The molecule has 5 heteroatoms. The van der Waals surface area contributed by atoms with Crippen LogP contribution >= 0.6 is 11.8 Å². The van der Waals surface area contributed by atoms with Crippen molar-refractivity contribution in [3.8, 4) is 0 Å². The van der Waals surface area contributed by atoms with Gasteiger partial charge in [0.05, 0.1) is 0 Å². The molecule has 0 unspecified atom stereocenters. The Labute approximate surface area is 179 Å². The molecule has 0 fully saturated rings. The maximum Gasteiger partial charge on any atom is 0.243 e. The van der Waals surface area contributed by atoms with E-state index in [0.29, 0.717) is 25.1 Å². The van der Waals surface area contributed by atoms with E-state index in [-0.39, 0.29) is 17.9 Å². The Morgan fingerprint density at radius 3 is 2.28 bits per heavy atom. The third kappa shape index (κ3) is 7.58. The lowest BCUT2D eigenvalue weighted by atomic mass is 10.1. The van der Waals surface area contributed by atoms with E-state index in [0.717, 1.165) is 10.5 Å². The Bertz CT molecular complexity index is 775. The van der Waals surface area contributed by atoms with Gasteiger partial charge in [-0.3, -0.25) is 9.59 Å². The molecule has 156 valence electrons. The van der Waals surface area contributed by atoms with Gasteiger partial charge in [0.1, 0.15) is 6.04 Å². The summed E-state index contributed by atoms with van der Waals surface area (Å²) in [6, 6.07) is 17.8. The van der Waals surface area contributed by atoms with Crippen molar-refractivity contribution in [1.82, 2.24) is 10.2 Å². The minimum absolute atomic E-state index is 0.0132. The Kier molecular flexibility index (Phi) is 9.26. The standard InChI is InChI=1S/C24H32N2O2S/c1-5-22(24(28)25-18(2)3)26(17-20-9-7-6-8-10-20)23(27)15-16-29-21-13-11-19(4)12-14-21/h6-14,18,22H,5,15-17H2,1-4H3,(H,25,28)/t22-/m1/s1. The molecular weight excluding hydrogens is 380 g/mol. The Morgan fingerprint density at radius 2 is 1.69 bits per heavy atom. The van der Waals surface area contributed by atoms with Crippen LogP contribution in [0.15, 0.2) is 59.5 Å². The number of amides is 2. The first-order valence-electron chi connectivity index (χ1n) is 10.2. The molecular formula is C24H32N2O2S. The highest BCUT2D eigenvalue weighted by molar-refractivity contribution is 7.99. The molecule has 1 atom stereocenters. The molecule has 2 aromatic carbocycles. The van der Waals surface area contributed by atoms with Gasteiger partial charge >= 0.3 is 0 Å². The van der Waals surface area contributed by atoms with Crippen LogP contribution in [0.5, 0.6) is 0 Å². The average Bonchev–Trinajstić information content (AvgIpc) is 2.69. The molecule has 0 heterocycles. The van der Waals surface area contributed by atoms with E-state index in [1.807, 2.05) is 51.1 Å². The van der Waals surface area contributed by atoms with Gasteiger partial charge in [0, 0.05) is 29.7 Å². The number of hydrogen-bond donors (Lipinski definition) is 1. The van der Waals surface area contributed by atoms with Gasteiger partial charge in [-0.1, -0.05) is 55.0 Å². The van der Waals surface area contributed by atoms with Crippen molar-refractivity contribution in [2.45, 2.75) is 64.1 Å². The molecule has 0 spiro atoms. The van der Waals surface area contributed by atoms with E-state index >= 15 is 0 Å². The van der Waals surface area contributed by atoms with Gasteiger partial charge in [0.25, 0.3) is 0 Å². The van der Waals surface area contributed by atoms with Crippen molar-refractivity contribution in [1.29, 1.82) is 0 Å². The fourth-order valence-corrected chi connectivity index (χ4v) is 3.96. The molecule has 0 saturated heterocycles. The maximum atomic E-state index is 13.1. The van der Waals surface area contributed by atoms with E-state index in [9.17, 15) is 9.59 Å². The van der Waals surface area contributed by atoms with Gasteiger partial charge in [-0.15, -0.1) is 11.8 Å². The topological polar surface area (TPSA) is 49.4 Å². The van der Waals surface area contributed by atoms with Gasteiger partial charge in [0.15, 0.2) is 0 Å². The van der Waals surface area contributed by atoms with E-state index < -0.39 is 6.04 Å². The molecule has 2 aromatic rings. The number of carbonyl (C=O) groups excluding carboxylic acids is 2. The molecule has 0 aliphatic heterocycles. The average molecular weight is 413 g/mol. The highest BCUT2D eigenvalue weighted by Gasteiger charge is 2.28. The molecule has 1 N–H and O–H groups in total. The number of nitrogens with one attached hydrogen (secondary N) is 1. The lowest BCUT2D eigenvalue weighted by Gasteiger charge is -2.31. The second kappa shape index (κ2) is 11.7. The first-order valence-corrected chi connectivity index (χ1v) is 11.2. The fourth-order valence-electron chi connectivity index (χ4n) is 3.11. The molecule has 0 radical (unpaired) electrons. The van der Waals surface area contributed by atoms with Crippen LogP contribution in [0.4, 0.5) is 0 Å². The molecule has 0 bridgehead atoms. The van der Waals surface area contributed by atoms with Crippen LogP contribution in [0.3, 0.4) is 0 Å². The quantitative estimate of drug-likeness (QED) is 0.570. The van der Waals surface area contributed by atoms with E-state index in [2.05, 4.69) is 36.5 Å². The van der Waals surface area contributed by atoms with Crippen molar-refractivity contribution in [3.05, 3.63) is 65.7 Å². The summed E-state index contributed by atoms with van der Waals surface area (Å²) < 4.78 is 0. The highest BCUT2D eigenvalue weighted by atomic mass is 32.2. The largest absolute Gasteiger partial charge is 0.352 e. The zero-order valence-electron chi connectivity index (χ0n) is 17.9. The molecule has 4 nitrogen and oxygen atoms in total. The van der Waals surface area contributed by atoms with Crippen molar-refractivity contribution in [2.24, 2.45) is 0 Å². The van der Waals surface area contributed by atoms with Crippen molar-refractivity contribution >= 4 is 23.6 Å². The predicted molar refractivity (Wildman–Crippen MR) is 121 cm³/mol. The summed E-state index contributed by atoms with van der Waals surface area (Å²) in [6.07, 6.45) is 0.985. The van der Waals surface area contributed by atoms with Crippen molar-refractivity contribution < 1.29 is 9.59 Å². The minimum Gasteiger partial charge on any atom is -0.352 e. The number of nitrogens with zero attached hydrogens (tertiary/aromatic N) is 1. The van der Waals surface area contributed by atoms with Crippen molar-refractivity contribution in [3.63, 3.8) is 0 Å². The Morgan fingerprint density at radius 1 is 1.03 bits per heavy atom. The fraction of sp³-hybridized carbons (Fsp3) is 0.417. The Hall–Kier alpha value is -2.27. The molecule has 2 amide bonds. The van der Waals surface area contributed by atoms with Gasteiger partial charge in [-0.25, -0.2) is 0 Å². The summed E-state index contributed by atoms with van der Waals surface area (Å²) in [5.74, 6) is 0.618. The molecule has 0 aromatic heterocycles. The zero-order valence-corrected chi connectivity index (χ0v) is 18.7. The van der Waals surface area contributed by atoms with Gasteiger partial charge in [-0.2, -0.15) is 0 Å². The smallest absolute Gasteiger partial charge is 0.243 e. The molecule has 0 aliphatic rings. The minimum atomic E-state index is -0.463. The zero-order chi connectivity index (χ0) is 21.2. The molecule has 29 heavy (non-hydrogen) atoms. The second-order valence-electron chi connectivity index (χ2n) is 7.51. The number of carbonyl (C=O) groups is 2. The number of thioether (sulfide) groups is 1. The van der Waals surface area contributed by atoms with E-state index in [1.54, 1.807) is 16.7 Å². The van der Waals surface area contributed by atoms with Crippen LogP contribution in [-0.2, 0) is 16.1 Å². The molecule has 2 rings (SSSR count). The van der Waals surface area contributed by atoms with Crippen LogP contribution in [0.2, 0.25) is 0 Å². The second-order valence-corrected chi connectivity index (χ2v) is 8.67. The summed E-state index contributed by atoms with van der Waals surface area (Å²) in [5, 5.41) is 2.96. The van der Waals surface area contributed by atoms with Crippen LogP contribution in [0, 0.1) is 6.92 Å². The maximum absolute atomic E-state index is 13.1. The van der Waals surface area contributed by atoms with Crippen LogP contribution in [0.1, 0.15) is 44.7 Å². The van der Waals surface area contributed by atoms with Crippen LogP contribution < -0.4 is 5.32 Å². The number of hydrogen-bond acceptors (Lipinski definition) is 3. The van der Waals surface area contributed by atoms with E-state index in [4.69, 9.17) is 0 Å². The third-order valence-corrected chi connectivity index (χ3v) is 5.63. The van der Waals surface area contributed by atoms with Gasteiger partial charge in [0.2, 0.25) is 11.8 Å². The van der Waals surface area contributed by atoms with Crippen LogP contribution in [-0.4, -0.2) is 34.6 Å². The summed E-state index contributed by atoms with van der Waals surface area (Å²) in [5.41, 5.74) is 2.25. The third-order valence-electron chi connectivity index (χ3n) is 4.62. The van der Waals surface area contributed by atoms with Gasteiger partial charge < -0.3 is 10.2 Å². The van der Waals surface area contributed by atoms with Crippen molar-refractivity contribution in [2.75, 3.05) is 5.75 Å².